The number of aromatic nitrogens is 2. The van der Waals surface area contributed by atoms with E-state index in [4.69, 9.17) is 5.73 Å². The molecule has 0 unspecified atom stereocenters. The van der Waals surface area contributed by atoms with Gasteiger partial charge in [-0.25, -0.2) is 0 Å². The maximum atomic E-state index is 11.4. The fourth-order valence-corrected chi connectivity index (χ4v) is 2.04. The van der Waals surface area contributed by atoms with Gasteiger partial charge in [0.1, 0.15) is 5.69 Å². The summed E-state index contributed by atoms with van der Waals surface area (Å²) >= 11 is 0. The van der Waals surface area contributed by atoms with Crippen molar-refractivity contribution in [1.29, 1.82) is 0 Å². The number of hydrogen-bond acceptors (Lipinski definition) is 3. The molecule has 19 heavy (non-hydrogen) atoms. The molecule has 0 saturated carbocycles. The second-order valence-electron chi connectivity index (χ2n) is 4.18. The lowest BCUT2D eigenvalue weighted by Gasteiger charge is -2.06. The standard InChI is InChI=1S/C15H11N3O/c16-15(19)14-12(6-3-7-17-14)13-8-10-4-1-2-5-11(10)9-18-13/h1-9H,(H2,16,19). The van der Waals surface area contributed by atoms with Crippen LogP contribution in [0.2, 0.25) is 0 Å². The van der Waals surface area contributed by atoms with Gasteiger partial charge in [0, 0.05) is 23.3 Å². The highest BCUT2D eigenvalue weighted by atomic mass is 16.1. The number of fused-ring (bicyclic) bond motifs is 1. The van der Waals surface area contributed by atoms with Crippen LogP contribution in [0.1, 0.15) is 10.5 Å². The normalized spacial score (nSPS) is 10.5. The summed E-state index contributed by atoms with van der Waals surface area (Å²) in [7, 11) is 0. The molecule has 0 fully saturated rings. The zero-order chi connectivity index (χ0) is 13.2. The molecule has 0 aliphatic rings. The van der Waals surface area contributed by atoms with E-state index in [1.54, 1.807) is 24.5 Å². The first-order valence-corrected chi connectivity index (χ1v) is 5.86. The van der Waals surface area contributed by atoms with Crippen LogP contribution in [-0.2, 0) is 0 Å². The van der Waals surface area contributed by atoms with Crippen molar-refractivity contribution in [3.63, 3.8) is 0 Å². The van der Waals surface area contributed by atoms with E-state index in [9.17, 15) is 4.79 Å². The number of rotatable bonds is 2. The third kappa shape index (κ3) is 2.04. The minimum Gasteiger partial charge on any atom is -0.364 e. The van der Waals surface area contributed by atoms with Crippen molar-refractivity contribution >= 4 is 16.7 Å². The van der Waals surface area contributed by atoms with Gasteiger partial charge >= 0.3 is 0 Å². The van der Waals surface area contributed by atoms with E-state index in [-0.39, 0.29) is 5.69 Å². The molecule has 0 aliphatic heterocycles. The largest absolute Gasteiger partial charge is 0.364 e. The molecule has 4 nitrogen and oxygen atoms in total. The van der Waals surface area contributed by atoms with Crippen LogP contribution in [0.4, 0.5) is 0 Å². The topological polar surface area (TPSA) is 68.9 Å². The summed E-state index contributed by atoms with van der Waals surface area (Å²) in [5, 5.41) is 2.11. The Hall–Kier alpha value is -2.75. The number of nitrogens with two attached hydrogens (primary N) is 1. The first kappa shape index (κ1) is 11.3. The van der Waals surface area contributed by atoms with Gasteiger partial charge in [-0.1, -0.05) is 24.3 Å². The van der Waals surface area contributed by atoms with Crippen molar-refractivity contribution in [3.8, 4) is 11.3 Å². The molecule has 0 aliphatic carbocycles. The molecule has 1 amide bonds. The molecular weight excluding hydrogens is 238 g/mol. The van der Waals surface area contributed by atoms with Crippen molar-refractivity contribution < 1.29 is 4.79 Å². The molecule has 3 aromatic rings. The zero-order valence-electron chi connectivity index (χ0n) is 10.1. The molecule has 3 rings (SSSR count). The predicted molar refractivity (Wildman–Crippen MR) is 73.5 cm³/mol. The van der Waals surface area contributed by atoms with Gasteiger partial charge in [0.15, 0.2) is 0 Å². The van der Waals surface area contributed by atoms with Gasteiger partial charge in [0.05, 0.1) is 5.69 Å². The van der Waals surface area contributed by atoms with Crippen LogP contribution in [0.3, 0.4) is 0 Å². The average Bonchev–Trinajstić information content (AvgIpc) is 2.46. The van der Waals surface area contributed by atoms with Gasteiger partial charge in [-0.2, -0.15) is 0 Å². The van der Waals surface area contributed by atoms with Crippen LogP contribution >= 0.6 is 0 Å². The van der Waals surface area contributed by atoms with E-state index in [2.05, 4.69) is 9.97 Å². The number of pyridine rings is 2. The van der Waals surface area contributed by atoms with Gasteiger partial charge in [0.25, 0.3) is 5.91 Å². The van der Waals surface area contributed by atoms with Crippen LogP contribution in [-0.4, -0.2) is 15.9 Å². The molecule has 2 aromatic heterocycles. The van der Waals surface area contributed by atoms with Crippen LogP contribution in [0.15, 0.2) is 54.9 Å². The molecule has 0 bridgehead atoms. The van der Waals surface area contributed by atoms with Crippen LogP contribution in [0, 0.1) is 0 Å². The first-order valence-electron chi connectivity index (χ1n) is 5.86. The highest BCUT2D eigenvalue weighted by Gasteiger charge is 2.12. The molecule has 1 aromatic carbocycles. The van der Waals surface area contributed by atoms with Gasteiger partial charge < -0.3 is 5.73 Å². The second kappa shape index (κ2) is 4.49. The predicted octanol–water partition coefficient (Wildman–Crippen LogP) is 2.40. The monoisotopic (exact) mass is 249 g/mol. The number of primary amides is 1. The Bertz CT molecular complexity index is 768. The summed E-state index contributed by atoms with van der Waals surface area (Å²) < 4.78 is 0. The van der Waals surface area contributed by atoms with Gasteiger partial charge in [-0.05, 0) is 23.6 Å². The number of hydrogen-bond donors (Lipinski definition) is 1. The Morgan fingerprint density at radius 1 is 1.00 bits per heavy atom. The number of nitrogens with zero attached hydrogens (tertiary/aromatic N) is 2. The zero-order valence-corrected chi connectivity index (χ0v) is 10.1. The van der Waals surface area contributed by atoms with Gasteiger partial charge in [-0.3, -0.25) is 14.8 Å². The molecule has 2 heterocycles. The second-order valence-corrected chi connectivity index (χ2v) is 4.18. The maximum Gasteiger partial charge on any atom is 0.268 e. The SMILES string of the molecule is NC(=O)c1ncccc1-c1cc2ccccc2cn1. The van der Waals surface area contributed by atoms with Gasteiger partial charge in [-0.15, -0.1) is 0 Å². The number of carbonyl (C=O) groups is 1. The maximum absolute atomic E-state index is 11.4. The van der Waals surface area contributed by atoms with E-state index >= 15 is 0 Å². The lowest BCUT2D eigenvalue weighted by molar-refractivity contribution is 0.0996. The fourth-order valence-electron chi connectivity index (χ4n) is 2.04. The molecule has 0 saturated heterocycles. The van der Waals surface area contributed by atoms with E-state index < -0.39 is 5.91 Å². The average molecular weight is 249 g/mol. The minimum atomic E-state index is -0.550. The number of benzene rings is 1. The van der Waals surface area contributed by atoms with Gasteiger partial charge in [0.2, 0.25) is 0 Å². The molecule has 0 spiro atoms. The molecule has 4 heteroatoms. The molecule has 2 N–H and O–H groups in total. The van der Waals surface area contributed by atoms with E-state index in [0.29, 0.717) is 11.3 Å². The number of amides is 1. The van der Waals surface area contributed by atoms with E-state index in [0.717, 1.165) is 10.8 Å². The lowest BCUT2D eigenvalue weighted by atomic mass is 10.1. The Morgan fingerprint density at radius 3 is 2.58 bits per heavy atom. The Balaban J connectivity index is 2.22. The number of carbonyl (C=O) groups excluding carboxylic acids is 1. The van der Waals surface area contributed by atoms with Crippen molar-refractivity contribution in [1.82, 2.24) is 9.97 Å². The summed E-state index contributed by atoms with van der Waals surface area (Å²) in [5.41, 5.74) is 6.92. The highest BCUT2D eigenvalue weighted by molar-refractivity contribution is 5.98. The highest BCUT2D eigenvalue weighted by Crippen LogP contribution is 2.23. The summed E-state index contributed by atoms with van der Waals surface area (Å²) in [6, 6.07) is 13.4. The van der Waals surface area contributed by atoms with Crippen molar-refractivity contribution in [2.45, 2.75) is 0 Å². The molecule has 0 atom stereocenters. The Morgan fingerprint density at radius 2 is 1.79 bits per heavy atom. The molecule has 92 valence electrons. The summed E-state index contributed by atoms with van der Waals surface area (Å²) in [6.07, 6.45) is 3.33. The smallest absolute Gasteiger partial charge is 0.268 e. The third-order valence-corrected chi connectivity index (χ3v) is 2.95. The quantitative estimate of drug-likeness (QED) is 0.758. The molecule has 0 radical (unpaired) electrons. The first-order chi connectivity index (χ1) is 9.25. The van der Waals surface area contributed by atoms with E-state index in [1.807, 2.05) is 30.3 Å². The summed E-state index contributed by atoms with van der Waals surface area (Å²) in [6.45, 7) is 0. The van der Waals surface area contributed by atoms with Crippen LogP contribution < -0.4 is 5.73 Å². The van der Waals surface area contributed by atoms with Crippen molar-refractivity contribution in [2.75, 3.05) is 0 Å². The summed E-state index contributed by atoms with van der Waals surface area (Å²) in [4.78, 5) is 19.8. The van der Waals surface area contributed by atoms with E-state index in [1.165, 1.54) is 0 Å². The Kier molecular flexibility index (Phi) is 2.68. The van der Waals surface area contributed by atoms with Crippen molar-refractivity contribution in [3.05, 3.63) is 60.6 Å². The summed E-state index contributed by atoms with van der Waals surface area (Å²) in [5.74, 6) is -0.550. The van der Waals surface area contributed by atoms with Crippen molar-refractivity contribution in [2.24, 2.45) is 5.73 Å². The van der Waals surface area contributed by atoms with Crippen LogP contribution in [0.25, 0.3) is 22.0 Å². The van der Waals surface area contributed by atoms with Crippen LogP contribution in [0.5, 0.6) is 0 Å². The lowest BCUT2D eigenvalue weighted by Crippen LogP contribution is -2.14. The third-order valence-electron chi connectivity index (χ3n) is 2.95. The molecular formula is C15H11N3O. The minimum absolute atomic E-state index is 0.241. The Labute approximate surface area is 109 Å². The fraction of sp³-hybridized carbons (Fsp3) is 0.